The van der Waals surface area contributed by atoms with Gasteiger partial charge in [-0.3, -0.25) is 9.59 Å². The average molecular weight is 453 g/mol. The van der Waals surface area contributed by atoms with E-state index in [4.69, 9.17) is 9.47 Å². The molecule has 1 aliphatic heterocycles. The maximum Gasteiger partial charge on any atom is 0.295 e. The van der Waals surface area contributed by atoms with E-state index in [1.165, 1.54) is 4.90 Å². The number of anilines is 1. The van der Waals surface area contributed by atoms with Crippen LogP contribution in [0.1, 0.15) is 37.9 Å². The van der Waals surface area contributed by atoms with E-state index in [1.54, 1.807) is 31.4 Å². The topological polar surface area (TPSA) is 79.3 Å². The summed E-state index contributed by atoms with van der Waals surface area (Å²) in [4.78, 5) is 29.6. The number of Topliss-reactive ketones (excluding diaryl/α,β-unsaturated/α-hetero) is 1. The third kappa shape index (κ3) is 5.03. The van der Waals surface area contributed by atoms with Crippen molar-refractivity contribution in [1.29, 1.82) is 0 Å². The van der Waals surface area contributed by atoms with Gasteiger partial charge in [0.1, 0.15) is 11.5 Å². The van der Waals surface area contributed by atoms with Gasteiger partial charge in [-0.15, -0.1) is 0 Å². The van der Waals surface area contributed by atoms with Crippen LogP contribution in [-0.4, -0.2) is 61.7 Å². The standard InChI is InChI=1S/C26H32N2O5/c1-5-27(6-2)20-12-8-18(9-13-20)23-22(25(30)26(31)28(23)16-17-32-4)24(29)19-10-14-21(15-11-19)33-7-3/h8-15,23,29H,5-7,16-17H2,1-4H3/b24-22-. The van der Waals surface area contributed by atoms with Gasteiger partial charge in [-0.05, 0) is 62.7 Å². The minimum atomic E-state index is -0.699. The summed E-state index contributed by atoms with van der Waals surface area (Å²) < 4.78 is 10.6. The molecule has 0 aromatic heterocycles. The van der Waals surface area contributed by atoms with Crippen LogP contribution >= 0.6 is 0 Å². The van der Waals surface area contributed by atoms with Crippen LogP contribution in [0.15, 0.2) is 54.1 Å². The van der Waals surface area contributed by atoms with Gasteiger partial charge in [0.2, 0.25) is 0 Å². The lowest BCUT2D eigenvalue weighted by molar-refractivity contribution is -0.140. The predicted octanol–water partition coefficient (Wildman–Crippen LogP) is 4.00. The van der Waals surface area contributed by atoms with E-state index in [-0.39, 0.29) is 24.5 Å². The van der Waals surface area contributed by atoms with Gasteiger partial charge < -0.3 is 24.4 Å². The van der Waals surface area contributed by atoms with Crippen molar-refractivity contribution in [1.82, 2.24) is 4.90 Å². The molecule has 2 aromatic rings. The summed E-state index contributed by atoms with van der Waals surface area (Å²) in [7, 11) is 1.55. The Hall–Kier alpha value is -3.32. The molecule has 33 heavy (non-hydrogen) atoms. The van der Waals surface area contributed by atoms with Gasteiger partial charge in [0, 0.05) is 38.0 Å². The summed E-state index contributed by atoms with van der Waals surface area (Å²) in [5.74, 6) is -0.875. The van der Waals surface area contributed by atoms with E-state index in [0.717, 1.165) is 24.3 Å². The Morgan fingerprint density at radius 2 is 1.64 bits per heavy atom. The number of benzene rings is 2. The molecule has 0 radical (unpaired) electrons. The van der Waals surface area contributed by atoms with Crippen LogP contribution in [0.3, 0.4) is 0 Å². The molecule has 0 saturated carbocycles. The number of hydrogen-bond donors (Lipinski definition) is 1. The highest BCUT2D eigenvalue weighted by atomic mass is 16.5. The highest BCUT2D eigenvalue weighted by Gasteiger charge is 2.45. The Kier molecular flexibility index (Phi) is 8.11. The van der Waals surface area contributed by atoms with Gasteiger partial charge in [-0.1, -0.05) is 12.1 Å². The molecule has 0 spiro atoms. The molecule has 1 aliphatic rings. The Morgan fingerprint density at radius 3 is 2.18 bits per heavy atom. The number of aliphatic hydroxyl groups excluding tert-OH is 1. The van der Waals surface area contributed by atoms with Gasteiger partial charge in [0.15, 0.2) is 0 Å². The number of ether oxygens (including phenoxy) is 2. The van der Waals surface area contributed by atoms with E-state index >= 15 is 0 Å². The minimum Gasteiger partial charge on any atom is -0.507 e. The summed E-state index contributed by atoms with van der Waals surface area (Å²) in [6.07, 6.45) is 0. The van der Waals surface area contributed by atoms with Crippen molar-refractivity contribution in [3.05, 3.63) is 65.2 Å². The Morgan fingerprint density at radius 1 is 1.00 bits per heavy atom. The first-order valence-electron chi connectivity index (χ1n) is 11.3. The lowest BCUT2D eigenvalue weighted by atomic mass is 9.95. The fourth-order valence-electron chi connectivity index (χ4n) is 4.13. The summed E-state index contributed by atoms with van der Waals surface area (Å²) in [6.45, 7) is 8.87. The van der Waals surface area contributed by atoms with Crippen LogP contribution in [-0.2, 0) is 14.3 Å². The number of carbonyl (C=O) groups excluding carboxylic acids is 2. The van der Waals surface area contributed by atoms with Crippen molar-refractivity contribution in [3.8, 4) is 5.75 Å². The zero-order valence-electron chi connectivity index (χ0n) is 19.7. The molecule has 1 N–H and O–H groups in total. The summed E-state index contributed by atoms with van der Waals surface area (Å²) >= 11 is 0. The van der Waals surface area contributed by atoms with Crippen LogP contribution in [0.25, 0.3) is 5.76 Å². The number of likely N-dealkylation sites (tertiary alicyclic amines) is 1. The molecule has 3 rings (SSSR count). The second-order valence-electron chi connectivity index (χ2n) is 7.71. The molecule has 1 unspecified atom stereocenters. The zero-order valence-corrected chi connectivity index (χ0v) is 19.7. The largest absolute Gasteiger partial charge is 0.507 e. The molecule has 0 bridgehead atoms. The maximum absolute atomic E-state index is 13.0. The summed E-state index contributed by atoms with van der Waals surface area (Å²) in [6, 6.07) is 13.9. The fraction of sp³-hybridized carbons (Fsp3) is 0.385. The van der Waals surface area contributed by atoms with Crippen LogP contribution in [0.4, 0.5) is 5.69 Å². The normalized spacial score (nSPS) is 17.5. The molecular weight excluding hydrogens is 420 g/mol. The molecule has 0 aliphatic carbocycles. The van der Waals surface area contributed by atoms with Crippen molar-refractivity contribution in [2.24, 2.45) is 0 Å². The predicted molar refractivity (Wildman–Crippen MR) is 128 cm³/mol. The van der Waals surface area contributed by atoms with Crippen molar-refractivity contribution in [2.45, 2.75) is 26.8 Å². The lowest BCUT2D eigenvalue weighted by Crippen LogP contribution is -2.32. The molecule has 7 heteroatoms. The number of rotatable bonds is 10. The fourth-order valence-corrected chi connectivity index (χ4v) is 4.13. The number of nitrogens with zero attached hydrogens (tertiary/aromatic N) is 2. The Balaban J connectivity index is 2.07. The second-order valence-corrected chi connectivity index (χ2v) is 7.71. The van der Waals surface area contributed by atoms with E-state index < -0.39 is 17.7 Å². The number of hydrogen-bond acceptors (Lipinski definition) is 6. The van der Waals surface area contributed by atoms with Crippen molar-refractivity contribution in [2.75, 3.05) is 44.9 Å². The summed E-state index contributed by atoms with van der Waals surface area (Å²) in [5.41, 5.74) is 2.35. The van der Waals surface area contributed by atoms with Gasteiger partial charge in [-0.2, -0.15) is 0 Å². The van der Waals surface area contributed by atoms with Gasteiger partial charge in [0.25, 0.3) is 11.7 Å². The molecule has 1 saturated heterocycles. The second kappa shape index (κ2) is 11.0. The first kappa shape index (κ1) is 24.3. The van der Waals surface area contributed by atoms with E-state index in [1.807, 2.05) is 31.2 Å². The highest BCUT2D eigenvalue weighted by Crippen LogP contribution is 2.39. The molecule has 1 amide bonds. The monoisotopic (exact) mass is 452 g/mol. The molecule has 1 atom stereocenters. The average Bonchev–Trinajstić information content (AvgIpc) is 3.09. The third-order valence-electron chi connectivity index (χ3n) is 5.85. The van der Waals surface area contributed by atoms with E-state index in [0.29, 0.717) is 17.9 Å². The highest BCUT2D eigenvalue weighted by molar-refractivity contribution is 6.46. The molecule has 176 valence electrons. The summed E-state index contributed by atoms with van der Waals surface area (Å²) in [5, 5.41) is 11.1. The number of ketones is 1. The van der Waals surface area contributed by atoms with Crippen LogP contribution in [0, 0.1) is 0 Å². The zero-order chi connectivity index (χ0) is 24.0. The van der Waals surface area contributed by atoms with E-state index in [2.05, 4.69) is 18.7 Å². The Bertz CT molecular complexity index is 994. The smallest absolute Gasteiger partial charge is 0.295 e. The minimum absolute atomic E-state index is 0.0795. The lowest BCUT2D eigenvalue weighted by Gasteiger charge is -2.26. The van der Waals surface area contributed by atoms with E-state index in [9.17, 15) is 14.7 Å². The molecule has 2 aromatic carbocycles. The van der Waals surface area contributed by atoms with Crippen LogP contribution in [0.5, 0.6) is 5.75 Å². The molecular formula is C26H32N2O5. The van der Waals surface area contributed by atoms with Crippen molar-refractivity contribution in [3.63, 3.8) is 0 Å². The first-order chi connectivity index (χ1) is 16.0. The number of methoxy groups -OCH3 is 1. The van der Waals surface area contributed by atoms with Gasteiger partial charge >= 0.3 is 0 Å². The first-order valence-corrected chi connectivity index (χ1v) is 11.3. The van der Waals surface area contributed by atoms with Crippen molar-refractivity contribution >= 4 is 23.1 Å². The van der Waals surface area contributed by atoms with Crippen molar-refractivity contribution < 1.29 is 24.2 Å². The Labute approximate surface area is 195 Å². The van der Waals surface area contributed by atoms with Crippen LogP contribution < -0.4 is 9.64 Å². The number of aliphatic hydroxyl groups is 1. The maximum atomic E-state index is 13.0. The van der Waals surface area contributed by atoms with Gasteiger partial charge in [-0.25, -0.2) is 0 Å². The number of carbonyl (C=O) groups is 2. The number of amides is 1. The van der Waals surface area contributed by atoms with Gasteiger partial charge in [0.05, 0.1) is 24.8 Å². The van der Waals surface area contributed by atoms with Crippen LogP contribution in [0.2, 0.25) is 0 Å². The molecule has 7 nitrogen and oxygen atoms in total. The SMILES string of the molecule is CCOc1ccc(/C(O)=C2/C(=O)C(=O)N(CCOC)C2c2ccc(N(CC)CC)cc2)cc1. The third-order valence-corrected chi connectivity index (χ3v) is 5.85. The molecule has 1 fully saturated rings. The molecule has 1 heterocycles. The quantitative estimate of drug-likeness (QED) is 0.334.